The van der Waals surface area contributed by atoms with E-state index in [4.69, 9.17) is 25.4 Å². The van der Waals surface area contributed by atoms with E-state index in [-0.39, 0.29) is 59.7 Å². The number of hydrogen-bond donors (Lipinski definition) is 3. The predicted molar refractivity (Wildman–Crippen MR) is 124 cm³/mol. The zero-order valence-corrected chi connectivity index (χ0v) is 20.3. The van der Waals surface area contributed by atoms with Crippen LogP contribution in [-0.2, 0) is 12.4 Å². The number of unbranched alkanes of at least 4 members (excludes halogenated alkanes) is 1. The molecule has 0 radical (unpaired) electrons. The summed E-state index contributed by atoms with van der Waals surface area (Å²) in [6, 6.07) is 7.45. The first kappa shape index (κ1) is 30.3. The summed E-state index contributed by atoms with van der Waals surface area (Å²) in [5, 5.41) is 24.2. The summed E-state index contributed by atoms with van der Waals surface area (Å²) in [5.74, 6) is -0.697. The van der Waals surface area contributed by atoms with Crippen LogP contribution in [0.3, 0.4) is 0 Å². The zero-order valence-electron chi connectivity index (χ0n) is 19.5. The number of nitrogens with two attached hydrogens (primary N) is 1. The Kier molecular flexibility index (Phi) is 11.1. The maximum Gasteiger partial charge on any atom is 0.419 e. The van der Waals surface area contributed by atoms with Crippen molar-refractivity contribution in [1.82, 2.24) is 10.2 Å². The fourth-order valence-electron chi connectivity index (χ4n) is 2.98. The van der Waals surface area contributed by atoms with Crippen LogP contribution >= 0.6 is 11.3 Å². The van der Waals surface area contributed by atoms with E-state index in [1.54, 1.807) is 0 Å². The maximum absolute atomic E-state index is 13.6. The number of aliphatic hydroxyl groups excluding tert-OH is 2. The number of benzene rings is 2. The minimum absolute atomic E-state index is 0.0587. The Morgan fingerprint density at radius 3 is 2.00 bits per heavy atom. The first-order chi connectivity index (χ1) is 17.5. The molecule has 0 fully saturated rings. The summed E-state index contributed by atoms with van der Waals surface area (Å²) in [6.45, 7) is -0.535. The Hall–Kier alpha value is -2.94. The number of alkyl halides is 6. The Bertz CT molecular complexity index is 1120. The Morgan fingerprint density at radius 2 is 1.43 bits per heavy atom. The quantitative estimate of drug-likeness (QED) is 0.237. The van der Waals surface area contributed by atoms with Gasteiger partial charge < -0.3 is 25.4 Å². The maximum atomic E-state index is 13.6. The van der Waals surface area contributed by atoms with Gasteiger partial charge >= 0.3 is 12.4 Å². The number of rotatable bonds is 10. The van der Waals surface area contributed by atoms with Crippen LogP contribution < -0.4 is 15.2 Å². The Morgan fingerprint density at radius 1 is 0.865 bits per heavy atom. The summed E-state index contributed by atoms with van der Waals surface area (Å²) in [5.41, 5.74) is 3.92. The third-order valence-corrected chi connectivity index (χ3v) is 5.84. The number of ether oxygens (including phenoxy) is 2. The molecule has 1 unspecified atom stereocenters. The molecule has 14 heteroatoms. The van der Waals surface area contributed by atoms with Crippen molar-refractivity contribution in [3.8, 4) is 22.1 Å². The molecule has 3 rings (SSSR count). The molecule has 7 nitrogen and oxygen atoms in total. The highest BCUT2D eigenvalue weighted by Gasteiger charge is 2.35. The van der Waals surface area contributed by atoms with Crippen molar-refractivity contribution in [1.29, 1.82) is 0 Å². The lowest BCUT2D eigenvalue weighted by Gasteiger charge is -2.15. The first-order valence-electron chi connectivity index (χ1n) is 10.8. The molecule has 0 saturated heterocycles. The normalized spacial score (nSPS) is 12.5. The van der Waals surface area contributed by atoms with E-state index < -0.39 is 29.5 Å². The van der Waals surface area contributed by atoms with Crippen molar-refractivity contribution in [2.24, 2.45) is 5.73 Å². The van der Waals surface area contributed by atoms with Crippen molar-refractivity contribution < 1.29 is 46.0 Å². The smallest absolute Gasteiger partial charge is 0.419 e. The molecular formula is C23H25F6N3O4S. The van der Waals surface area contributed by atoms with Crippen molar-refractivity contribution in [2.45, 2.75) is 31.2 Å². The van der Waals surface area contributed by atoms with Crippen LogP contribution in [0, 0.1) is 0 Å². The zero-order chi connectivity index (χ0) is 27.6. The van der Waals surface area contributed by atoms with Crippen molar-refractivity contribution in [3.05, 3.63) is 58.6 Å². The molecule has 0 aliphatic carbocycles. The van der Waals surface area contributed by atoms with Crippen LogP contribution in [0.15, 0.2) is 42.5 Å². The van der Waals surface area contributed by atoms with E-state index in [1.165, 1.54) is 30.3 Å². The lowest BCUT2D eigenvalue weighted by atomic mass is 10.1. The van der Waals surface area contributed by atoms with Gasteiger partial charge in [0, 0.05) is 12.7 Å². The second-order valence-corrected chi connectivity index (χ2v) is 8.35. The number of para-hydroxylation sites is 1. The average Bonchev–Trinajstić information content (AvgIpc) is 3.36. The predicted octanol–water partition coefficient (Wildman–Crippen LogP) is 5.08. The molecule has 0 spiro atoms. The molecule has 204 valence electrons. The lowest BCUT2D eigenvalue weighted by molar-refractivity contribution is -0.139. The molecule has 1 heterocycles. The van der Waals surface area contributed by atoms with E-state index in [1.807, 2.05) is 0 Å². The molecular weight excluding hydrogens is 528 g/mol. The molecule has 1 aromatic heterocycles. The minimum Gasteiger partial charge on any atom is -0.493 e. The topological polar surface area (TPSA) is 111 Å². The average molecular weight is 554 g/mol. The third-order valence-electron chi connectivity index (χ3n) is 4.73. The summed E-state index contributed by atoms with van der Waals surface area (Å²) in [6.07, 6.45) is -8.73. The number of halogens is 6. The Balaban J connectivity index is 0.00000235. The monoisotopic (exact) mass is 553 g/mol. The van der Waals surface area contributed by atoms with Crippen LogP contribution in [0.2, 0.25) is 0 Å². The van der Waals surface area contributed by atoms with Gasteiger partial charge in [0.1, 0.15) is 21.5 Å². The number of nitrogens with zero attached hydrogens (tertiary/aromatic N) is 2. The molecule has 3 aromatic rings. The fourth-order valence-corrected chi connectivity index (χ4v) is 3.82. The van der Waals surface area contributed by atoms with Crippen molar-refractivity contribution in [2.75, 3.05) is 26.9 Å². The van der Waals surface area contributed by atoms with Crippen LogP contribution in [0.25, 0.3) is 10.6 Å². The second kappa shape index (κ2) is 13.6. The fraction of sp³-hybridized carbons (Fsp3) is 0.391. The van der Waals surface area contributed by atoms with Crippen molar-refractivity contribution >= 4 is 11.3 Å². The molecule has 0 aliphatic rings. The van der Waals surface area contributed by atoms with Crippen LogP contribution in [0.1, 0.15) is 35.0 Å². The Labute approximate surface area is 212 Å². The molecule has 1 atom stereocenters. The summed E-state index contributed by atoms with van der Waals surface area (Å²) >= 11 is 0.972. The minimum atomic E-state index is -4.70. The molecule has 0 amide bonds. The molecule has 2 aromatic carbocycles. The first-order valence-corrected chi connectivity index (χ1v) is 11.6. The highest BCUT2D eigenvalue weighted by atomic mass is 32.1. The number of aromatic nitrogens is 2. The van der Waals surface area contributed by atoms with E-state index in [2.05, 4.69) is 10.2 Å². The van der Waals surface area contributed by atoms with E-state index in [9.17, 15) is 26.3 Å². The van der Waals surface area contributed by atoms with Crippen LogP contribution in [0.5, 0.6) is 11.5 Å². The summed E-state index contributed by atoms with van der Waals surface area (Å²) in [4.78, 5) is 0. The van der Waals surface area contributed by atoms with Gasteiger partial charge in [-0.1, -0.05) is 23.5 Å². The van der Waals surface area contributed by atoms with Gasteiger partial charge in [0.25, 0.3) is 0 Å². The summed E-state index contributed by atoms with van der Waals surface area (Å²) < 4.78 is 90.2. The van der Waals surface area contributed by atoms with Crippen LogP contribution in [-0.4, -0.2) is 47.3 Å². The lowest BCUT2D eigenvalue weighted by Crippen LogP contribution is -2.13. The van der Waals surface area contributed by atoms with Gasteiger partial charge in [-0.05, 0) is 43.2 Å². The van der Waals surface area contributed by atoms with E-state index >= 15 is 0 Å². The number of aliphatic hydroxyl groups is 2. The molecule has 0 saturated carbocycles. The third kappa shape index (κ3) is 8.55. The van der Waals surface area contributed by atoms with Gasteiger partial charge in [0.2, 0.25) is 0 Å². The van der Waals surface area contributed by atoms with Gasteiger partial charge in [-0.15, -0.1) is 10.2 Å². The van der Waals surface area contributed by atoms with Gasteiger partial charge in [-0.3, -0.25) is 0 Å². The van der Waals surface area contributed by atoms with Crippen molar-refractivity contribution in [3.63, 3.8) is 0 Å². The van der Waals surface area contributed by atoms with Gasteiger partial charge in [0.15, 0.2) is 0 Å². The van der Waals surface area contributed by atoms with Gasteiger partial charge in [-0.2, -0.15) is 26.3 Å². The van der Waals surface area contributed by atoms with Gasteiger partial charge in [-0.25, -0.2) is 0 Å². The largest absolute Gasteiger partial charge is 0.493 e. The number of hydrogen-bond acceptors (Lipinski definition) is 8. The standard InChI is InChI=1S/C22H21F6N3O3S.CH4O/c23-21(24,25)14-5-1-2-6-17(14)33-9-3-4-10-34-18-8-7-13(11-15(18)22(26,27)28)19-30-31-20(35-19)16(29)12-32;1-2/h1-2,5-8,11,16,32H,3-4,9-10,12,29H2;2H,1H3. The highest BCUT2D eigenvalue weighted by Crippen LogP contribution is 2.40. The van der Waals surface area contributed by atoms with E-state index in [0.717, 1.165) is 30.6 Å². The summed E-state index contributed by atoms with van der Waals surface area (Å²) in [7, 11) is 1.00. The molecule has 0 aliphatic heterocycles. The molecule has 37 heavy (non-hydrogen) atoms. The van der Waals surface area contributed by atoms with Gasteiger partial charge in [0.05, 0.1) is 37.0 Å². The molecule has 4 N–H and O–H groups in total. The molecule has 0 bridgehead atoms. The second-order valence-electron chi connectivity index (χ2n) is 7.34. The highest BCUT2D eigenvalue weighted by molar-refractivity contribution is 7.14. The van der Waals surface area contributed by atoms with Crippen LogP contribution in [0.4, 0.5) is 26.3 Å². The SMILES string of the molecule is CO.NC(CO)c1nnc(-c2ccc(OCCCCOc3ccccc3C(F)(F)F)c(C(F)(F)F)c2)s1. The van der Waals surface area contributed by atoms with E-state index in [0.29, 0.717) is 0 Å².